The third kappa shape index (κ3) is 3.72. The Kier molecular flexibility index (Phi) is 4.91. The minimum Gasteiger partial charge on any atom is -0.365 e. The molecule has 0 aromatic heterocycles. The van der Waals surface area contributed by atoms with E-state index < -0.39 is 0 Å². The number of fused-ring (bicyclic) bond motifs is 3. The minimum absolute atomic E-state index is 0.275. The highest BCUT2D eigenvalue weighted by Crippen LogP contribution is 2.34. The normalized spacial score (nSPS) is 21.4. The molecule has 144 valence electrons. The van der Waals surface area contributed by atoms with Crippen LogP contribution in [0, 0.1) is 0 Å². The Morgan fingerprint density at radius 3 is 2.70 bits per heavy atom. The van der Waals surface area contributed by atoms with E-state index in [0.29, 0.717) is 6.04 Å². The smallest absolute Gasteiger partial charge is 0.171 e. The van der Waals surface area contributed by atoms with Gasteiger partial charge in [0, 0.05) is 44.5 Å². The van der Waals surface area contributed by atoms with Crippen LogP contribution < -0.4 is 15.6 Å². The van der Waals surface area contributed by atoms with Crippen molar-refractivity contribution in [1.29, 1.82) is 0 Å². The molecule has 0 bridgehead atoms. The summed E-state index contributed by atoms with van der Waals surface area (Å²) in [5.74, 6) is 2.15. The molecule has 0 saturated carbocycles. The molecule has 6 heteroatoms. The van der Waals surface area contributed by atoms with Gasteiger partial charge in [0.15, 0.2) is 11.6 Å². The number of benzene rings is 1. The number of rotatable bonds is 2. The summed E-state index contributed by atoms with van der Waals surface area (Å²) in [6.45, 7) is 10.6. The zero-order chi connectivity index (χ0) is 19.0. The van der Waals surface area contributed by atoms with Crippen molar-refractivity contribution in [2.24, 2.45) is 4.99 Å². The van der Waals surface area contributed by atoms with Crippen LogP contribution in [0.1, 0.15) is 27.2 Å². The van der Waals surface area contributed by atoms with Crippen LogP contribution in [0.25, 0.3) is 17.6 Å². The molecular weight excluding hydrogens is 336 g/mol. The van der Waals surface area contributed by atoms with Gasteiger partial charge in [0.2, 0.25) is 0 Å². The first-order valence-corrected chi connectivity index (χ1v) is 9.98. The highest BCUT2D eigenvalue weighted by molar-refractivity contribution is 5.75. The Bertz CT molecular complexity index is 873. The van der Waals surface area contributed by atoms with Gasteiger partial charge in [0.1, 0.15) is 0 Å². The topological polar surface area (TPSA) is 48.7 Å². The molecule has 1 aliphatic carbocycles. The van der Waals surface area contributed by atoms with E-state index >= 15 is 0 Å². The predicted octanol–water partition coefficient (Wildman–Crippen LogP) is 2.72. The van der Waals surface area contributed by atoms with Gasteiger partial charge in [-0.2, -0.15) is 0 Å². The third-order valence-electron chi connectivity index (χ3n) is 5.23. The summed E-state index contributed by atoms with van der Waals surface area (Å²) in [5, 5.41) is 4.71. The van der Waals surface area contributed by atoms with Crippen molar-refractivity contribution in [2.45, 2.75) is 39.3 Å². The molecule has 1 atom stereocenters. The summed E-state index contributed by atoms with van der Waals surface area (Å²) < 4.78 is 2.26. The quantitative estimate of drug-likeness (QED) is 0.888. The Morgan fingerprint density at radius 1 is 1.19 bits per heavy atom. The highest BCUT2D eigenvalue weighted by Gasteiger charge is 2.25. The molecule has 3 heterocycles. The maximum Gasteiger partial charge on any atom is 0.171 e. The van der Waals surface area contributed by atoms with Gasteiger partial charge in [-0.05, 0) is 52.4 Å². The molecule has 0 amide bonds. The zero-order valence-corrected chi connectivity index (χ0v) is 16.8. The SMILES string of the molecule is CC(C)N=c1ccc2nc(N3CCN(C)CC3)c3n(c-2c1)C=CCC(C)N3. The lowest BCUT2D eigenvalue weighted by Gasteiger charge is -2.35. The lowest BCUT2D eigenvalue weighted by molar-refractivity contribution is 0.312. The zero-order valence-electron chi connectivity index (χ0n) is 16.8. The first-order chi connectivity index (χ1) is 13.0. The monoisotopic (exact) mass is 366 g/mol. The van der Waals surface area contributed by atoms with Crippen molar-refractivity contribution in [3.05, 3.63) is 29.6 Å². The van der Waals surface area contributed by atoms with Crippen molar-refractivity contribution in [2.75, 3.05) is 43.4 Å². The largest absolute Gasteiger partial charge is 0.365 e. The molecule has 0 spiro atoms. The molecule has 1 N–H and O–H groups in total. The number of nitrogens with zero attached hydrogens (tertiary/aromatic N) is 5. The fourth-order valence-corrected chi connectivity index (χ4v) is 3.76. The average Bonchev–Trinajstić information content (AvgIpc) is 2.83. The minimum atomic E-state index is 0.275. The van der Waals surface area contributed by atoms with E-state index in [1.165, 1.54) is 0 Å². The lowest BCUT2D eigenvalue weighted by Crippen LogP contribution is -2.45. The molecule has 1 unspecified atom stereocenters. The molecule has 0 aromatic carbocycles. The van der Waals surface area contributed by atoms with Crippen LogP contribution in [0.5, 0.6) is 0 Å². The van der Waals surface area contributed by atoms with E-state index in [4.69, 9.17) is 9.98 Å². The van der Waals surface area contributed by atoms with E-state index in [9.17, 15) is 0 Å². The number of hydrogen-bond acceptors (Lipinski definition) is 5. The standard InChI is InChI=1S/C21H30N6/c1-15(2)22-17-7-8-18-19(14-17)27-9-5-6-16(3)23-21(27)20(24-18)26-12-10-25(4)11-13-26/h5,7-9,14-16,23H,6,10-13H2,1-4H3. The molecule has 0 aromatic rings. The second-order valence-electron chi connectivity index (χ2n) is 8.01. The number of nitrogens with one attached hydrogen (secondary N) is 1. The van der Waals surface area contributed by atoms with E-state index in [-0.39, 0.29) is 6.04 Å². The van der Waals surface area contributed by atoms with Gasteiger partial charge in [0.25, 0.3) is 0 Å². The van der Waals surface area contributed by atoms with Crippen molar-refractivity contribution < 1.29 is 0 Å². The van der Waals surface area contributed by atoms with Gasteiger partial charge in [-0.15, -0.1) is 0 Å². The van der Waals surface area contributed by atoms with E-state index in [0.717, 1.165) is 61.0 Å². The van der Waals surface area contributed by atoms with E-state index in [1.54, 1.807) is 0 Å². The Hall–Kier alpha value is -2.34. The average molecular weight is 367 g/mol. The molecule has 1 fully saturated rings. The summed E-state index contributed by atoms with van der Waals surface area (Å²) in [6.07, 6.45) is 5.43. The number of likely N-dealkylation sites (N-methyl/N-ethyl adjacent to an activating group) is 1. The van der Waals surface area contributed by atoms with Gasteiger partial charge in [0.05, 0.1) is 16.7 Å². The molecule has 0 radical (unpaired) electrons. The summed E-state index contributed by atoms with van der Waals surface area (Å²) in [6, 6.07) is 6.99. The van der Waals surface area contributed by atoms with Gasteiger partial charge in [-0.3, -0.25) is 9.56 Å². The van der Waals surface area contributed by atoms with Gasteiger partial charge in [-0.1, -0.05) is 6.08 Å². The van der Waals surface area contributed by atoms with Crippen molar-refractivity contribution in [3.8, 4) is 11.4 Å². The van der Waals surface area contributed by atoms with Gasteiger partial charge in [-0.25, -0.2) is 4.98 Å². The summed E-state index contributed by atoms with van der Waals surface area (Å²) in [4.78, 5) is 14.6. The lowest BCUT2D eigenvalue weighted by atomic mass is 10.2. The van der Waals surface area contributed by atoms with Gasteiger partial charge >= 0.3 is 0 Å². The molecule has 4 aliphatic rings. The summed E-state index contributed by atoms with van der Waals surface area (Å²) in [5.41, 5.74) is 2.11. The maximum absolute atomic E-state index is 5.08. The Labute approximate surface area is 161 Å². The maximum atomic E-state index is 5.08. The number of anilines is 2. The van der Waals surface area contributed by atoms with Crippen molar-refractivity contribution in [1.82, 2.24) is 14.5 Å². The molecule has 4 rings (SSSR count). The Balaban J connectivity index is 1.90. The molecule has 6 nitrogen and oxygen atoms in total. The second-order valence-corrected chi connectivity index (χ2v) is 8.01. The number of hydrogen-bond donors (Lipinski definition) is 1. The molecule has 27 heavy (non-hydrogen) atoms. The van der Waals surface area contributed by atoms with E-state index in [2.05, 4.69) is 78.0 Å². The van der Waals surface area contributed by atoms with Crippen LogP contribution in [0.2, 0.25) is 0 Å². The Morgan fingerprint density at radius 2 is 1.96 bits per heavy atom. The summed E-state index contributed by atoms with van der Waals surface area (Å²) in [7, 11) is 2.18. The fourth-order valence-electron chi connectivity index (χ4n) is 3.76. The van der Waals surface area contributed by atoms with Crippen LogP contribution in [-0.4, -0.2) is 59.8 Å². The molecule has 1 saturated heterocycles. The first-order valence-electron chi connectivity index (χ1n) is 9.98. The number of aromatic nitrogens is 2. The molecule has 3 aliphatic heterocycles. The van der Waals surface area contributed by atoms with Crippen LogP contribution in [-0.2, 0) is 0 Å². The van der Waals surface area contributed by atoms with Crippen LogP contribution in [0.15, 0.2) is 29.3 Å². The van der Waals surface area contributed by atoms with E-state index in [1.807, 2.05) is 0 Å². The fraction of sp³-hybridized carbons (Fsp3) is 0.524. The van der Waals surface area contributed by atoms with Crippen LogP contribution in [0.4, 0.5) is 11.6 Å². The predicted molar refractivity (Wildman–Crippen MR) is 112 cm³/mol. The van der Waals surface area contributed by atoms with Gasteiger partial charge < -0.3 is 15.1 Å². The first kappa shape index (κ1) is 18.0. The second kappa shape index (κ2) is 7.35. The van der Waals surface area contributed by atoms with Crippen LogP contribution in [0.3, 0.4) is 0 Å². The third-order valence-corrected chi connectivity index (χ3v) is 5.23. The number of piperazine rings is 1. The summed E-state index contributed by atoms with van der Waals surface area (Å²) >= 11 is 0. The highest BCUT2D eigenvalue weighted by atomic mass is 15.3. The molecular formula is C21H30N6. The van der Waals surface area contributed by atoms with Crippen LogP contribution >= 0.6 is 0 Å². The van der Waals surface area contributed by atoms with Crippen molar-refractivity contribution >= 4 is 17.8 Å². The van der Waals surface area contributed by atoms with Crippen molar-refractivity contribution in [3.63, 3.8) is 0 Å².